The van der Waals surface area contributed by atoms with Crippen LogP contribution in [0, 0.1) is 11.3 Å². The average Bonchev–Trinajstić information content (AvgIpc) is 3.09. The van der Waals surface area contributed by atoms with Gasteiger partial charge in [0.2, 0.25) is 0 Å². The van der Waals surface area contributed by atoms with Gasteiger partial charge in [-0.3, -0.25) is 0 Å². The molecular weight excluding hydrogens is 330 g/mol. The molecule has 0 unspecified atom stereocenters. The molecule has 3 aromatic rings. The molecule has 5 nitrogen and oxygen atoms in total. The van der Waals surface area contributed by atoms with Gasteiger partial charge in [0.25, 0.3) is 0 Å². The summed E-state index contributed by atoms with van der Waals surface area (Å²) < 4.78 is 4.70. The van der Waals surface area contributed by atoms with Crippen molar-refractivity contribution in [2.24, 2.45) is 14.1 Å². The molecule has 0 aliphatic carbocycles. The quantitative estimate of drug-likeness (QED) is 0.681. The minimum atomic E-state index is 0.669. The Kier molecular flexibility index (Phi) is 4.90. The zero-order valence-corrected chi connectivity index (χ0v) is 13.3. The summed E-state index contributed by atoms with van der Waals surface area (Å²) in [5.41, 5.74) is 1.69. The maximum absolute atomic E-state index is 8.64. The molecule has 0 atom stereocenters. The molecule has 1 aromatic carbocycles. The van der Waals surface area contributed by atoms with Crippen molar-refractivity contribution in [3.05, 3.63) is 59.3 Å². The summed E-state index contributed by atoms with van der Waals surface area (Å²) in [6.45, 7) is 0. The molecule has 2 heterocycles. The van der Waals surface area contributed by atoms with Crippen molar-refractivity contribution < 1.29 is 0 Å². The van der Waals surface area contributed by atoms with Gasteiger partial charge >= 0.3 is 0 Å². The van der Waals surface area contributed by atoms with E-state index in [1.54, 1.807) is 24.5 Å². The Morgan fingerprint density at radius 1 is 1.00 bits per heavy atom. The lowest BCUT2D eigenvalue weighted by Gasteiger charge is -2.00. The van der Waals surface area contributed by atoms with Gasteiger partial charge in [0.1, 0.15) is 5.82 Å². The normalized spacial score (nSPS) is 9.62. The summed E-state index contributed by atoms with van der Waals surface area (Å²) in [6.07, 6.45) is 7.27. The number of nitrogens with zero attached hydrogens (tertiary/aromatic N) is 5. The van der Waals surface area contributed by atoms with E-state index in [4.69, 9.17) is 5.26 Å². The first-order chi connectivity index (χ1) is 10.1. The molecule has 0 aliphatic rings. The maximum atomic E-state index is 8.64. The number of rotatable bonds is 1. The standard InChI is InChI=1S/C11H9N3.C4H5BrN2/c1-14-7-6-13-11(14)10-4-2-9(8-12)3-5-10;1-7-3-2-6-4(7)5/h2-7H,1H3;2-3H,1H3. The van der Waals surface area contributed by atoms with E-state index in [2.05, 4.69) is 32.0 Å². The molecule has 3 rings (SSSR count). The van der Waals surface area contributed by atoms with E-state index in [1.807, 2.05) is 47.8 Å². The summed E-state index contributed by atoms with van der Waals surface area (Å²) in [5.74, 6) is 0.912. The fourth-order valence-electron chi connectivity index (χ4n) is 1.69. The molecule has 0 aliphatic heterocycles. The highest BCUT2D eigenvalue weighted by Gasteiger charge is 2.01. The van der Waals surface area contributed by atoms with Gasteiger partial charge in [-0.2, -0.15) is 5.26 Å². The van der Waals surface area contributed by atoms with Crippen molar-refractivity contribution in [1.29, 1.82) is 5.26 Å². The Morgan fingerprint density at radius 2 is 1.62 bits per heavy atom. The number of hydrogen-bond acceptors (Lipinski definition) is 3. The molecule has 2 aromatic heterocycles. The molecular formula is C15H14BrN5. The highest BCUT2D eigenvalue weighted by Crippen LogP contribution is 2.16. The fraction of sp³-hybridized carbons (Fsp3) is 0.133. The van der Waals surface area contributed by atoms with Crippen LogP contribution >= 0.6 is 15.9 Å². The summed E-state index contributed by atoms with van der Waals surface area (Å²) in [5, 5.41) is 8.64. The third-order valence-corrected chi connectivity index (χ3v) is 3.62. The van der Waals surface area contributed by atoms with Crippen LogP contribution in [-0.4, -0.2) is 19.1 Å². The lowest BCUT2D eigenvalue weighted by Crippen LogP contribution is -1.90. The number of hydrogen-bond donors (Lipinski definition) is 0. The van der Waals surface area contributed by atoms with Crippen LogP contribution in [0.15, 0.2) is 53.8 Å². The predicted octanol–water partition coefficient (Wildman–Crippen LogP) is 3.14. The summed E-state index contributed by atoms with van der Waals surface area (Å²) >= 11 is 3.22. The highest BCUT2D eigenvalue weighted by atomic mass is 79.9. The second-order valence-corrected chi connectivity index (χ2v) is 5.07. The van der Waals surface area contributed by atoms with Crippen molar-refractivity contribution >= 4 is 15.9 Å². The average molecular weight is 344 g/mol. The second kappa shape index (κ2) is 6.86. The van der Waals surface area contributed by atoms with Crippen LogP contribution in [0.4, 0.5) is 0 Å². The molecule has 0 radical (unpaired) electrons. The third kappa shape index (κ3) is 3.80. The first-order valence-corrected chi connectivity index (χ1v) is 7.02. The third-order valence-electron chi connectivity index (χ3n) is 2.86. The molecule has 21 heavy (non-hydrogen) atoms. The van der Waals surface area contributed by atoms with E-state index < -0.39 is 0 Å². The summed E-state index contributed by atoms with van der Waals surface area (Å²) in [6, 6.07) is 9.49. The maximum Gasteiger partial charge on any atom is 0.176 e. The minimum absolute atomic E-state index is 0.669. The zero-order chi connectivity index (χ0) is 15.2. The number of benzene rings is 1. The first kappa shape index (κ1) is 15.0. The van der Waals surface area contributed by atoms with E-state index in [0.29, 0.717) is 5.56 Å². The van der Waals surface area contributed by atoms with Gasteiger partial charge < -0.3 is 9.13 Å². The Bertz CT molecular complexity index is 732. The van der Waals surface area contributed by atoms with Crippen LogP contribution in [0.2, 0.25) is 0 Å². The van der Waals surface area contributed by atoms with Crippen molar-refractivity contribution in [2.45, 2.75) is 0 Å². The number of halogens is 1. The highest BCUT2D eigenvalue weighted by molar-refractivity contribution is 9.10. The van der Waals surface area contributed by atoms with Gasteiger partial charge in [-0.15, -0.1) is 0 Å². The van der Waals surface area contributed by atoms with Crippen molar-refractivity contribution in [2.75, 3.05) is 0 Å². The van der Waals surface area contributed by atoms with Gasteiger partial charge in [0.15, 0.2) is 4.73 Å². The second-order valence-electron chi connectivity index (χ2n) is 4.36. The molecule has 6 heteroatoms. The Morgan fingerprint density at radius 3 is 2.00 bits per heavy atom. The monoisotopic (exact) mass is 343 g/mol. The summed E-state index contributed by atoms with van der Waals surface area (Å²) in [4.78, 5) is 8.12. The predicted molar refractivity (Wildman–Crippen MR) is 84.3 cm³/mol. The molecule has 0 saturated heterocycles. The Labute approximate surface area is 131 Å². The van der Waals surface area contributed by atoms with E-state index in [9.17, 15) is 0 Å². The summed E-state index contributed by atoms with van der Waals surface area (Å²) in [7, 11) is 3.87. The van der Waals surface area contributed by atoms with Crippen LogP contribution in [0.3, 0.4) is 0 Å². The molecule has 0 fully saturated rings. The van der Waals surface area contributed by atoms with Crippen LogP contribution in [-0.2, 0) is 14.1 Å². The van der Waals surface area contributed by atoms with E-state index >= 15 is 0 Å². The van der Waals surface area contributed by atoms with Gasteiger partial charge in [-0.25, -0.2) is 9.97 Å². The molecule has 0 spiro atoms. The molecule has 106 valence electrons. The SMILES string of the molecule is Cn1ccnc1-c1ccc(C#N)cc1.Cn1ccnc1Br. The smallest absolute Gasteiger partial charge is 0.176 e. The lowest BCUT2D eigenvalue weighted by molar-refractivity contribution is 0.881. The van der Waals surface area contributed by atoms with E-state index in [-0.39, 0.29) is 0 Å². The molecule has 0 bridgehead atoms. The van der Waals surface area contributed by atoms with Gasteiger partial charge in [-0.1, -0.05) is 0 Å². The van der Waals surface area contributed by atoms with Crippen molar-refractivity contribution in [1.82, 2.24) is 19.1 Å². The van der Waals surface area contributed by atoms with Crippen LogP contribution in [0.5, 0.6) is 0 Å². The minimum Gasteiger partial charge on any atom is -0.334 e. The van der Waals surface area contributed by atoms with Gasteiger partial charge in [0, 0.05) is 44.4 Å². The topological polar surface area (TPSA) is 59.4 Å². The van der Waals surface area contributed by atoms with E-state index in [1.165, 1.54) is 0 Å². The molecule has 0 N–H and O–H groups in total. The number of nitriles is 1. The van der Waals surface area contributed by atoms with Gasteiger partial charge in [-0.05, 0) is 40.2 Å². The van der Waals surface area contributed by atoms with Crippen molar-refractivity contribution in [3.8, 4) is 17.5 Å². The van der Waals surface area contributed by atoms with Gasteiger partial charge in [0.05, 0.1) is 11.6 Å². The number of aryl methyl sites for hydroxylation is 2. The largest absolute Gasteiger partial charge is 0.334 e. The lowest BCUT2D eigenvalue weighted by atomic mass is 10.1. The van der Waals surface area contributed by atoms with Crippen LogP contribution < -0.4 is 0 Å². The van der Waals surface area contributed by atoms with E-state index in [0.717, 1.165) is 16.1 Å². The first-order valence-electron chi connectivity index (χ1n) is 6.22. The zero-order valence-electron chi connectivity index (χ0n) is 11.7. The van der Waals surface area contributed by atoms with Crippen molar-refractivity contribution in [3.63, 3.8) is 0 Å². The molecule has 0 amide bonds. The number of imidazole rings is 2. The van der Waals surface area contributed by atoms with Crippen LogP contribution in [0.25, 0.3) is 11.4 Å². The fourth-order valence-corrected chi connectivity index (χ4v) is 1.92. The molecule has 0 saturated carbocycles. The Balaban J connectivity index is 0.000000194. The number of aromatic nitrogens is 4. The Hall–Kier alpha value is -2.39. The van der Waals surface area contributed by atoms with Crippen LogP contribution in [0.1, 0.15) is 5.56 Å².